The van der Waals surface area contributed by atoms with Gasteiger partial charge >= 0.3 is 11.9 Å². The topological polar surface area (TPSA) is 143 Å². The second-order valence-electron chi connectivity index (χ2n) is 6.50. The summed E-state index contributed by atoms with van der Waals surface area (Å²) in [5.41, 5.74) is 7.31. The summed E-state index contributed by atoms with van der Waals surface area (Å²) < 4.78 is 5.97. The van der Waals surface area contributed by atoms with Crippen molar-refractivity contribution in [2.24, 2.45) is 5.73 Å². The quantitative estimate of drug-likeness (QED) is 0.437. The Morgan fingerprint density at radius 1 is 1.13 bits per heavy atom. The summed E-state index contributed by atoms with van der Waals surface area (Å²) in [7, 11) is 1.26. The number of nitrogens with two attached hydrogens (primary N) is 1. The maximum atomic E-state index is 12.0. The number of fused-ring (bicyclic) bond motifs is 1. The number of amides is 1. The summed E-state index contributed by atoms with van der Waals surface area (Å²) >= 11 is 0. The van der Waals surface area contributed by atoms with Crippen LogP contribution >= 0.6 is 0 Å². The van der Waals surface area contributed by atoms with E-state index < -0.39 is 23.9 Å². The van der Waals surface area contributed by atoms with Gasteiger partial charge in [-0.05, 0) is 29.8 Å². The molecule has 0 aliphatic heterocycles. The van der Waals surface area contributed by atoms with E-state index in [1.807, 2.05) is 0 Å². The number of aromatic nitrogens is 1. The fourth-order valence-electron chi connectivity index (χ4n) is 3.05. The number of aromatic carboxylic acids is 1. The summed E-state index contributed by atoms with van der Waals surface area (Å²) in [5, 5.41) is 22.1. The number of aromatic hydroxyl groups is 1. The Balaban J connectivity index is 1.93. The molecule has 1 amide bonds. The first-order valence-corrected chi connectivity index (χ1v) is 8.73. The number of carbonyl (C=O) groups is 3. The number of nitrogens with zero attached hydrogens (tertiary/aromatic N) is 1. The van der Waals surface area contributed by atoms with Gasteiger partial charge < -0.3 is 30.4 Å². The van der Waals surface area contributed by atoms with Crippen LogP contribution in [0.15, 0.2) is 55.2 Å². The molecule has 3 rings (SSSR count). The smallest absolute Gasteiger partial charge is 0.352 e. The monoisotopic (exact) mass is 409 g/mol. The van der Waals surface area contributed by atoms with Gasteiger partial charge in [-0.25, -0.2) is 9.59 Å². The highest BCUT2D eigenvalue weighted by Crippen LogP contribution is 2.24. The third-order valence-electron chi connectivity index (χ3n) is 4.53. The number of carboxylic acids is 1. The fraction of sp³-hybridized carbons (Fsp3) is 0.0952. The predicted octanol–water partition coefficient (Wildman–Crippen LogP) is 1.92. The number of esters is 1. The third-order valence-corrected chi connectivity index (χ3v) is 4.53. The standard InChI is InChI=1S/C21H19N3O6/c1-11(14-7-15-9-16(25)10-24(15)17(8-14)20(27)28)23-18(19(22)26)12-3-5-13(6-4-12)21(29)30-2/h3-10,18,23,25H,1H2,2H3,(H2,22,26)(H,27,28)/t18-/m1/s1. The van der Waals surface area contributed by atoms with E-state index in [1.165, 1.54) is 42.0 Å². The first kappa shape index (κ1) is 20.5. The van der Waals surface area contributed by atoms with Crippen molar-refractivity contribution in [1.82, 2.24) is 9.72 Å². The second-order valence-corrected chi connectivity index (χ2v) is 6.50. The minimum atomic E-state index is -1.20. The highest BCUT2D eigenvalue weighted by molar-refractivity contribution is 5.91. The van der Waals surface area contributed by atoms with Crippen LogP contribution in [-0.2, 0) is 9.53 Å². The average Bonchev–Trinajstić information content (AvgIpc) is 3.10. The Hall–Kier alpha value is -4.27. The van der Waals surface area contributed by atoms with Gasteiger partial charge in [0, 0.05) is 17.3 Å². The molecule has 154 valence electrons. The van der Waals surface area contributed by atoms with Gasteiger partial charge in [-0.2, -0.15) is 0 Å². The van der Waals surface area contributed by atoms with Crippen molar-refractivity contribution in [2.75, 3.05) is 7.11 Å². The van der Waals surface area contributed by atoms with Crippen molar-refractivity contribution < 1.29 is 29.3 Å². The van der Waals surface area contributed by atoms with Crippen LogP contribution in [0.5, 0.6) is 5.75 Å². The second kappa shape index (κ2) is 8.00. The van der Waals surface area contributed by atoms with E-state index in [0.717, 1.165) is 0 Å². The molecule has 1 aromatic carbocycles. The van der Waals surface area contributed by atoms with Gasteiger partial charge in [0.1, 0.15) is 17.5 Å². The number of hydrogen-bond donors (Lipinski definition) is 4. The van der Waals surface area contributed by atoms with Crippen LogP contribution in [0.2, 0.25) is 0 Å². The van der Waals surface area contributed by atoms with E-state index in [1.54, 1.807) is 18.2 Å². The summed E-state index contributed by atoms with van der Waals surface area (Å²) in [6.07, 6.45) is 1.29. The van der Waals surface area contributed by atoms with Crippen LogP contribution in [-0.4, -0.2) is 39.6 Å². The number of hydrogen-bond acceptors (Lipinski definition) is 6. The number of rotatable bonds is 7. The Labute approximate surface area is 171 Å². The molecule has 5 N–H and O–H groups in total. The van der Waals surface area contributed by atoms with Crippen molar-refractivity contribution in [3.63, 3.8) is 0 Å². The van der Waals surface area contributed by atoms with E-state index >= 15 is 0 Å². The van der Waals surface area contributed by atoms with Gasteiger partial charge in [0.15, 0.2) is 0 Å². The maximum absolute atomic E-state index is 12.0. The molecule has 30 heavy (non-hydrogen) atoms. The molecule has 0 spiro atoms. The molecule has 2 heterocycles. The molecule has 0 aliphatic carbocycles. The Kier molecular flexibility index (Phi) is 5.45. The number of carboxylic acid groups (broad SMARTS) is 1. The minimum Gasteiger partial charge on any atom is -0.506 e. The molecule has 9 heteroatoms. The zero-order valence-corrected chi connectivity index (χ0v) is 16.0. The zero-order chi connectivity index (χ0) is 22.0. The Morgan fingerprint density at radius 3 is 2.37 bits per heavy atom. The molecule has 0 aliphatic rings. The summed E-state index contributed by atoms with van der Waals surface area (Å²) in [6, 6.07) is 9.51. The third kappa shape index (κ3) is 3.95. The average molecular weight is 409 g/mol. The van der Waals surface area contributed by atoms with Crippen molar-refractivity contribution >= 4 is 29.1 Å². The summed E-state index contributed by atoms with van der Waals surface area (Å²) in [4.78, 5) is 35.2. The molecular weight excluding hydrogens is 390 g/mol. The first-order valence-electron chi connectivity index (χ1n) is 8.73. The largest absolute Gasteiger partial charge is 0.506 e. The molecule has 0 bridgehead atoms. The fourth-order valence-corrected chi connectivity index (χ4v) is 3.05. The molecule has 2 aromatic heterocycles. The molecule has 9 nitrogen and oxygen atoms in total. The number of ether oxygens (including phenoxy) is 1. The van der Waals surface area contributed by atoms with Gasteiger partial charge in [0.05, 0.1) is 24.4 Å². The van der Waals surface area contributed by atoms with Crippen molar-refractivity contribution in [3.05, 3.63) is 77.6 Å². The maximum Gasteiger partial charge on any atom is 0.352 e. The van der Waals surface area contributed by atoms with Gasteiger partial charge in [0.2, 0.25) is 5.91 Å². The molecular formula is C21H19N3O6. The van der Waals surface area contributed by atoms with Crippen LogP contribution in [0, 0.1) is 0 Å². The molecule has 0 fully saturated rings. The molecule has 0 unspecified atom stereocenters. The van der Waals surface area contributed by atoms with Crippen molar-refractivity contribution in [2.45, 2.75) is 6.04 Å². The molecule has 3 aromatic rings. The van der Waals surface area contributed by atoms with Crippen LogP contribution in [0.25, 0.3) is 11.2 Å². The number of pyridine rings is 1. The highest BCUT2D eigenvalue weighted by atomic mass is 16.5. The molecule has 0 radical (unpaired) electrons. The normalized spacial score (nSPS) is 11.6. The summed E-state index contributed by atoms with van der Waals surface area (Å²) in [5.74, 6) is -2.50. The van der Waals surface area contributed by atoms with E-state index in [2.05, 4.69) is 16.6 Å². The number of nitrogens with one attached hydrogen (secondary N) is 1. The first-order chi connectivity index (χ1) is 14.2. The van der Waals surface area contributed by atoms with Gasteiger partial charge in [-0.3, -0.25) is 4.79 Å². The van der Waals surface area contributed by atoms with Gasteiger partial charge in [0.25, 0.3) is 0 Å². The van der Waals surface area contributed by atoms with Crippen LogP contribution in [0.1, 0.15) is 38.0 Å². The zero-order valence-electron chi connectivity index (χ0n) is 16.0. The highest BCUT2D eigenvalue weighted by Gasteiger charge is 2.21. The minimum absolute atomic E-state index is 0.0890. The predicted molar refractivity (Wildman–Crippen MR) is 108 cm³/mol. The SMILES string of the molecule is C=C(N[C@@H](C(N)=O)c1ccc(C(=O)OC)cc1)c1cc(C(=O)O)n2cc(O)cc2c1. The van der Waals surface area contributed by atoms with E-state index in [0.29, 0.717) is 22.2 Å². The van der Waals surface area contributed by atoms with Crippen molar-refractivity contribution in [3.8, 4) is 5.75 Å². The number of primary amides is 1. The number of benzene rings is 1. The Bertz CT molecular complexity index is 1160. The van der Waals surface area contributed by atoms with Gasteiger partial charge in [-0.15, -0.1) is 0 Å². The number of carbonyl (C=O) groups excluding carboxylic acids is 2. The molecule has 1 atom stereocenters. The van der Waals surface area contributed by atoms with E-state index in [-0.39, 0.29) is 17.1 Å². The van der Waals surface area contributed by atoms with E-state index in [4.69, 9.17) is 5.73 Å². The van der Waals surface area contributed by atoms with E-state index in [9.17, 15) is 24.6 Å². The van der Waals surface area contributed by atoms with Crippen LogP contribution < -0.4 is 11.1 Å². The lowest BCUT2D eigenvalue weighted by Gasteiger charge is -2.20. The van der Waals surface area contributed by atoms with Crippen LogP contribution in [0.4, 0.5) is 0 Å². The Morgan fingerprint density at radius 2 is 1.80 bits per heavy atom. The lowest BCUT2D eigenvalue weighted by Crippen LogP contribution is -2.32. The number of methoxy groups -OCH3 is 1. The van der Waals surface area contributed by atoms with Crippen molar-refractivity contribution in [1.29, 1.82) is 0 Å². The lowest BCUT2D eigenvalue weighted by atomic mass is 10.0. The summed E-state index contributed by atoms with van der Waals surface area (Å²) in [6.45, 7) is 3.89. The lowest BCUT2D eigenvalue weighted by molar-refractivity contribution is -0.119. The van der Waals surface area contributed by atoms with Gasteiger partial charge in [-0.1, -0.05) is 18.7 Å². The van der Waals surface area contributed by atoms with Crippen LogP contribution in [0.3, 0.4) is 0 Å². The molecule has 0 saturated carbocycles. The molecule has 0 saturated heterocycles.